The number of ether oxygens (including phenoxy) is 4. The summed E-state index contributed by atoms with van der Waals surface area (Å²) < 4.78 is 45.3. The average molecular weight is 1210 g/mol. The Balaban J connectivity index is 0.000000139. The molecular formula is C73H80N3O6PSSi2. The molecule has 1 saturated carbocycles. The van der Waals surface area contributed by atoms with Gasteiger partial charge in [-0.25, -0.2) is 4.79 Å². The zero-order chi connectivity index (χ0) is 60.2. The zero-order valence-corrected chi connectivity index (χ0v) is 54.9. The van der Waals surface area contributed by atoms with Crippen molar-refractivity contribution in [1.29, 1.82) is 0 Å². The lowest BCUT2D eigenvalue weighted by molar-refractivity contribution is 0.0523. The molecule has 0 radical (unpaired) electrons. The van der Waals surface area contributed by atoms with Crippen LogP contribution in [-0.4, -0.2) is 71.1 Å². The third-order valence-electron chi connectivity index (χ3n) is 17.9. The van der Waals surface area contributed by atoms with Gasteiger partial charge in [0, 0.05) is 39.3 Å². The van der Waals surface area contributed by atoms with E-state index in [0.29, 0.717) is 25.6 Å². The van der Waals surface area contributed by atoms with E-state index in [1.807, 2.05) is 99.7 Å². The number of para-hydroxylation sites is 1. The summed E-state index contributed by atoms with van der Waals surface area (Å²) in [5.74, 6) is 2.44. The van der Waals surface area contributed by atoms with Crippen LogP contribution in [0.2, 0.25) is 13.1 Å². The van der Waals surface area contributed by atoms with Crippen LogP contribution in [0.5, 0.6) is 17.2 Å². The fraction of sp³-hybridized carbons (Fsp3) is 0.274. The van der Waals surface area contributed by atoms with Crippen LogP contribution in [0.25, 0.3) is 10.8 Å². The lowest BCUT2D eigenvalue weighted by Crippen LogP contribution is -2.81. The molecule has 4 aliphatic rings. The number of nitrogens with zero attached hydrogens (tertiary/aromatic N) is 3. The molecule has 0 saturated heterocycles. The average Bonchev–Trinajstić information content (AvgIpc) is 0.760. The Hall–Kier alpha value is -7.16. The maximum absolute atomic E-state index is 13.9. The van der Waals surface area contributed by atoms with E-state index in [1.54, 1.807) is 11.8 Å². The Morgan fingerprint density at radius 3 is 1.77 bits per heavy atom. The SMILES string of the molecule is CCOC(=O)c1cc(C)c2c(c1)C(C)(C)N([Si](c1ccccc1)(c1ccccc1)c1ccccc1)CO2.C[Si]1(C)c2cc3ccccc3cc2OCN1C1CCCCC1.Cc1ccccc1N1COc2c(C)cc(Sc3ccccc3)cc2P1(C)=O. The number of hydrogen-bond donors (Lipinski definition) is 0. The van der Waals surface area contributed by atoms with E-state index >= 15 is 0 Å². The molecule has 0 amide bonds. The highest BCUT2D eigenvalue weighted by Gasteiger charge is 2.54. The molecule has 442 valence electrons. The normalized spacial score (nSPS) is 18.0. The second-order valence-electron chi connectivity index (χ2n) is 24.1. The number of rotatable bonds is 10. The molecule has 13 heteroatoms. The molecule has 0 aromatic heterocycles. The van der Waals surface area contributed by atoms with E-state index in [0.717, 1.165) is 73.1 Å². The number of anilines is 1. The van der Waals surface area contributed by atoms with Gasteiger partial charge in [0.2, 0.25) is 15.5 Å². The van der Waals surface area contributed by atoms with Gasteiger partial charge >= 0.3 is 5.97 Å². The largest absolute Gasteiger partial charge is 0.479 e. The standard InChI is InChI=1S/C32H33NO3Si.C22H22NO2PS.C19H25NOSi/c1-5-35-31(34)25-21-24(2)30-29(22-25)32(3,4)33(23-36-30)37(26-15-9-6-10-16-26,27-17-11-7-12-18-27)28-19-13-8-14-20-28;1-16-9-7-8-12-20(16)23-15-25-22-17(2)13-19(14-21(22)26(23,3)24)27-18-10-5-4-6-11-18;1-22(2)19-13-16-9-7-6-8-15(16)12-18(19)21-14-20(22)17-10-4-3-5-11-17/h6-22H,5,23H2,1-4H3;4-14H,15H2,1-3H3;6-9,12-13,17H,3-5,10-11,14H2,1-2H3. The molecule has 1 unspecified atom stereocenters. The number of carbonyl (C=O) groups is 1. The van der Waals surface area contributed by atoms with Gasteiger partial charge in [-0.15, -0.1) is 0 Å². The van der Waals surface area contributed by atoms with Crippen LogP contribution in [0.1, 0.15) is 85.5 Å². The monoisotopic (exact) mass is 1210 g/mol. The van der Waals surface area contributed by atoms with Crippen LogP contribution >= 0.6 is 19.1 Å². The third-order valence-corrected chi connectivity index (χ3v) is 30.0. The van der Waals surface area contributed by atoms with E-state index in [4.69, 9.17) is 18.9 Å². The van der Waals surface area contributed by atoms with E-state index in [2.05, 4.69) is 182 Å². The summed E-state index contributed by atoms with van der Waals surface area (Å²) in [5, 5.41) is 8.76. The number of benzene rings is 9. The Kier molecular flexibility index (Phi) is 18.1. The fourth-order valence-electron chi connectivity index (χ4n) is 13.3. The van der Waals surface area contributed by atoms with Gasteiger partial charge in [0.1, 0.15) is 30.7 Å². The maximum atomic E-state index is 13.9. The van der Waals surface area contributed by atoms with Crippen molar-refractivity contribution in [2.45, 2.75) is 108 Å². The minimum atomic E-state index is -2.81. The molecule has 3 heterocycles. The van der Waals surface area contributed by atoms with Crippen molar-refractivity contribution in [1.82, 2.24) is 9.13 Å². The first-order valence-corrected chi connectivity index (χ1v) is 38.1. The molecule has 9 nitrogen and oxygen atoms in total. The van der Waals surface area contributed by atoms with Crippen LogP contribution in [-0.2, 0) is 14.8 Å². The third kappa shape index (κ3) is 11.9. The van der Waals surface area contributed by atoms with Crippen LogP contribution in [0.3, 0.4) is 0 Å². The number of carbonyl (C=O) groups excluding carboxylic acids is 1. The molecule has 3 aliphatic heterocycles. The van der Waals surface area contributed by atoms with Crippen LogP contribution in [0, 0.1) is 20.8 Å². The van der Waals surface area contributed by atoms with Gasteiger partial charge in [-0.05, 0) is 151 Å². The predicted molar refractivity (Wildman–Crippen MR) is 361 cm³/mol. The first-order chi connectivity index (χ1) is 41.5. The van der Waals surface area contributed by atoms with Gasteiger partial charge in [-0.1, -0.05) is 202 Å². The molecule has 0 spiro atoms. The van der Waals surface area contributed by atoms with Crippen molar-refractivity contribution in [2.75, 3.05) is 38.1 Å². The predicted octanol–water partition coefficient (Wildman–Crippen LogP) is 14.8. The second kappa shape index (κ2) is 25.7. The van der Waals surface area contributed by atoms with Gasteiger partial charge in [-0.3, -0.25) is 18.4 Å². The number of esters is 1. The highest BCUT2D eigenvalue weighted by atomic mass is 32.2. The van der Waals surface area contributed by atoms with Crippen LogP contribution in [0.15, 0.2) is 216 Å². The highest BCUT2D eigenvalue weighted by molar-refractivity contribution is 7.99. The zero-order valence-electron chi connectivity index (χ0n) is 51.2. The van der Waals surface area contributed by atoms with Crippen molar-refractivity contribution in [3.05, 3.63) is 234 Å². The highest BCUT2D eigenvalue weighted by Crippen LogP contribution is 2.54. The van der Waals surface area contributed by atoms with E-state index in [1.165, 1.54) is 63.6 Å². The lowest BCUT2D eigenvalue weighted by atomic mass is 9.89. The van der Waals surface area contributed by atoms with Gasteiger partial charge in [-0.2, -0.15) is 0 Å². The number of aryl methyl sites for hydroxylation is 3. The van der Waals surface area contributed by atoms with Gasteiger partial charge in [0.15, 0.2) is 15.0 Å². The Labute approximate surface area is 515 Å². The van der Waals surface area contributed by atoms with Crippen LogP contribution < -0.4 is 44.9 Å². The summed E-state index contributed by atoms with van der Waals surface area (Å²) in [5.41, 5.74) is 5.14. The molecule has 0 N–H and O–H groups in total. The molecule has 1 fully saturated rings. The summed E-state index contributed by atoms with van der Waals surface area (Å²) in [7, 11) is -7.25. The molecule has 0 bridgehead atoms. The Morgan fingerprint density at radius 2 is 1.16 bits per heavy atom. The molecule has 13 rings (SSSR count). The lowest BCUT2D eigenvalue weighted by Gasteiger charge is -2.53. The molecule has 86 heavy (non-hydrogen) atoms. The summed E-state index contributed by atoms with van der Waals surface area (Å²) in [6.45, 7) is 21.1. The Bertz CT molecular complexity index is 3810. The number of hydrogen-bond acceptors (Lipinski definition) is 9. The summed E-state index contributed by atoms with van der Waals surface area (Å²) in [4.78, 5) is 15.0. The first-order valence-electron chi connectivity index (χ1n) is 30.3. The minimum absolute atomic E-state index is 0.303. The molecular weight excluding hydrogens is 1130 g/mol. The van der Waals surface area contributed by atoms with Crippen molar-refractivity contribution in [2.24, 2.45) is 0 Å². The van der Waals surface area contributed by atoms with Gasteiger partial charge in [0.05, 0.1) is 17.5 Å². The van der Waals surface area contributed by atoms with E-state index < -0.39 is 29.3 Å². The van der Waals surface area contributed by atoms with Crippen molar-refractivity contribution in [3.8, 4) is 17.2 Å². The van der Waals surface area contributed by atoms with Gasteiger partial charge in [0.25, 0.3) is 0 Å². The summed E-state index contributed by atoms with van der Waals surface area (Å²) in [6, 6.07) is 72.7. The second-order valence-corrected chi connectivity index (χ2v) is 35.9. The summed E-state index contributed by atoms with van der Waals surface area (Å²) in [6.07, 6.45) is 6.88. The first kappa shape index (κ1) is 60.5. The fourth-order valence-corrected chi connectivity index (χ4v) is 24.9. The Morgan fingerprint density at radius 1 is 0.616 bits per heavy atom. The van der Waals surface area contributed by atoms with Crippen molar-refractivity contribution in [3.63, 3.8) is 0 Å². The van der Waals surface area contributed by atoms with Crippen LogP contribution in [0.4, 0.5) is 5.69 Å². The van der Waals surface area contributed by atoms with Crippen molar-refractivity contribution < 1.29 is 28.3 Å². The summed E-state index contributed by atoms with van der Waals surface area (Å²) >= 11 is 1.68. The molecule has 1 atom stereocenters. The van der Waals surface area contributed by atoms with E-state index in [-0.39, 0.29) is 5.97 Å². The molecule has 9 aromatic rings. The maximum Gasteiger partial charge on any atom is 0.338 e. The van der Waals surface area contributed by atoms with Crippen molar-refractivity contribution >= 4 is 84.0 Å². The topological polar surface area (TPSA) is 80.8 Å². The molecule has 9 aromatic carbocycles. The molecule has 1 aliphatic carbocycles. The van der Waals surface area contributed by atoms with E-state index in [9.17, 15) is 9.36 Å². The number of fused-ring (bicyclic) bond motifs is 4. The minimum Gasteiger partial charge on any atom is -0.479 e. The quantitative estimate of drug-likeness (QED) is 0.0572. The van der Waals surface area contributed by atoms with Gasteiger partial charge < -0.3 is 18.9 Å². The smallest absolute Gasteiger partial charge is 0.338 e.